The van der Waals surface area contributed by atoms with Crippen LogP contribution in [0.15, 0.2) is 10.4 Å². The number of nitrogens with one attached hydrogen (secondary N) is 2. The molecule has 1 aliphatic rings. The van der Waals surface area contributed by atoms with Crippen molar-refractivity contribution in [2.75, 3.05) is 14.2 Å². The molecule has 0 spiro atoms. The van der Waals surface area contributed by atoms with Crippen molar-refractivity contribution in [2.45, 2.75) is 45.5 Å². The van der Waals surface area contributed by atoms with E-state index in [1.807, 2.05) is 11.6 Å². The second-order valence-corrected chi connectivity index (χ2v) is 6.69. The number of nitrogens with zero attached hydrogens (tertiary/aromatic N) is 5. The van der Waals surface area contributed by atoms with Gasteiger partial charge in [0.25, 0.3) is 0 Å². The van der Waals surface area contributed by atoms with E-state index in [2.05, 4.69) is 36.1 Å². The van der Waals surface area contributed by atoms with Crippen molar-refractivity contribution in [3.8, 4) is 0 Å². The largest absolute Gasteiger partial charge is 0.377 e. The van der Waals surface area contributed by atoms with Gasteiger partial charge in [-0.25, -0.2) is 14.6 Å². The Morgan fingerprint density at radius 1 is 1.50 bits per heavy atom. The van der Waals surface area contributed by atoms with Gasteiger partial charge in [0.05, 0.1) is 13.1 Å². The van der Waals surface area contributed by atoms with Gasteiger partial charge in [-0.3, -0.25) is 4.99 Å². The Morgan fingerprint density at radius 3 is 3.08 bits per heavy atom. The minimum atomic E-state index is 0.277. The van der Waals surface area contributed by atoms with Gasteiger partial charge in [-0.15, -0.1) is 11.3 Å². The quantitative estimate of drug-likeness (QED) is 0.615. The van der Waals surface area contributed by atoms with Crippen molar-refractivity contribution in [1.29, 1.82) is 0 Å². The Hall–Kier alpha value is -2.00. The Kier molecular flexibility index (Phi) is 5.41. The standard InChI is InChI=1S/C15H23N7OS/c1-10-9-24-14(18-10)6-17-15(16-2)19-11-4-5-13-20-12(8-23-3)21-22(13)7-11/h9,11H,4-8H2,1-3H3,(H2,16,17,19). The first kappa shape index (κ1) is 16.8. The zero-order chi connectivity index (χ0) is 16.9. The van der Waals surface area contributed by atoms with Gasteiger partial charge in [0, 0.05) is 37.7 Å². The third-order valence-electron chi connectivity index (χ3n) is 3.81. The third-order valence-corrected chi connectivity index (χ3v) is 4.78. The molecule has 0 radical (unpaired) electrons. The van der Waals surface area contributed by atoms with Crippen molar-refractivity contribution in [2.24, 2.45) is 4.99 Å². The maximum Gasteiger partial charge on any atom is 0.191 e. The molecule has 0 aliphatic carbocycles. The molecule has 0 bridgehead atoms. The lowest BCUT2D eigenvalue weighted by atomic mass is 10.1. The first-order chi connectivity index (χ1) is 11.7. The molecule has 8 nitrogen and oxygen atoms in total. The van der Waals surface area contributed by atoms with E-state index in [1.165, 1.54) is 0 Å². The molecular formula is C15H23N7OS. The fourth-order valence-corrected chi connectivity index (χ4v) is 3.41. The van der Waals surface area contributed by atoms with E-state index in [1.54, 1.807) is 25.5 Å². The van der Waals surface area contributed by atoms with E-state index >= 15 is 0 Å². The number of hydrogen-bond donors (Lipinski definition) is 2. The fraction of sp³-hybridized carbons (Fsp3) is 0.600. The van der Waals surface area contributed by atoms with Crippen LogP contribution in [0.1, 0.15) is 28.8 Å². The summed E-state index contributed by atoms with van der Waals surface area (Å²) >= 11 is 1.66. The highest BCUT2D eigenvalue weighted by Gasteiger charge is 2.22. The number of aryl methyl sites for hydroxylation is 2. The van der Waals surface area contributed by atoms with Crippen LogP contribution in [0.4, 0.5) is 0 Å². The molecule has 0 saturated heterocycles. The lowest BCUT2D eigenvalue weighted by molar-refractivity contribution is 0.177. The third kappa shape index (κ3) is 4.09. The van der Waals surface area contributed by atoms with Crippen LogP contribution in [0.5, 0.6) is 0 Å². The molecule has 1 unspecified atom stereocenters. The summed E-state index contributed by atoms with van der Waals surface area (Å²) in [5, 5.41) is 14.4. The zero-order valence-corrected chi connectivity index (χ0v) is 15.1. The van der Waals surface area contributed by atoms with Crippen LogP contribution in [-0.2, 0) is 30.9 Å². The molecule has 24 heavy (non-hydrogen) atoms. The minimum Gasteiger partial charge on any atom is -0.377 e. The summed E-state index contributed by atoms with van der Waals surface area (Å²) in [6.45, 7) is 3.91. The molecule has 3 rings (SSSR count). The number of methoxy groups -OCH3 is 1. The second-order valence-electron chi connectivity index (χ2n) is 5.75. The molecule has 3 heterocycles. The van der Waals surface area contributed by atoms with Crippen LogP contribution >= 0.6 is 11.3 Å². The van der Waals surface area contributed by atoms with Crippen molar-refractivity contribution in [3.05, 3.63) is 27.7 Å². The highest BCUT2D eigenvalue weighted by atomic mass is 32.1. The van der Waals surface area contributed by atoms with Gasteiger partial charge < -0.3 is 15.4 Å². The molecule has 9 heteroatoms. The van der Waals surface area contributed by atoms with Gasteiger partial charge in [-0.2, -0.15) is 5.10 Å². The summed E-state index contributed by atoms with van der Waals surface area (Å²) in [7, 11) is 3.44. The predicted octanol–water partition coefficient (Wildman–Crippen LogP) is 0.869. The van der Waals surface area contributed by atoms with E-state index in [0.29, 0.717) is 13.2 Å². The molecule has 2 aromatic heterocycles. The number of rotatable bonds is 5. The van der Waals surface area contributed by atoms with Gasteiger partial charge in [0.2, 0.25) is 0 Å². The summed E-state index contributed by atoms with van der Waals surface area (Å²) in [5.74, 6) is 2.56. The van der Waals surface area contributed by atoms with Gasteiger partial charge in [-0.1, -0.05) is 0 Å². The van der Waals surface area contributed by atoms with Gasteiger partial charge in [0.15, 0.2) is 11.8 Å². The zero-order valence-electron chi connectivity index (χ0n) is 14.2. The Bertz CT molecular complexity index is 708. The maximum absolute atomic E-state index is 5.10. The normalized spacial score (nSPS) is 17.6. The number of ether oxygens (including phenoxy) is 1. The molecule has 2 aromatic rings. The smallest absolute Gasteiger partial charge is 0.191 e. The molecule has 0 fully saturated rings. The Balaban J connectivity index is 1.54. The summed E-state index contributed by atoms with van der Waals surface area (Å²) < 4.78 is 7.07. The topological polar surface area (TPSA) is 89.2 Å². The Morgan fingerprint density at radius 2 is 2.38 bits per heavy atom. The van der Waals surface area contributed by atoms with Crippen LogP contribution in [0.3, 0.4) is 0 Å². The number of aromatic nitrogens is 4. The summed E-state index contributed by atoms with van der Waals surface area (Å²) in [4.78, 5) is 13.3. The van der Waals surface area contributed by atoms with Crippen molar-refractivity contribution in [3.63, 3.8) is 0 Å². The first-order valence-electron chi connectivity index (χ1n) is 7.97. The molecule has 0 amide bonds. The van der Waals surface area contributed by atoms with Crippen molar-refractivity contribution >= 4 is 17.3 Å². The lowest BCUT2D eigenvalue weighted by Gasteiger charge is -2.25. The SMILES string of the molecule is CN=C(NCc1nc(C)cs1)NC1CCc2nc(COC)nn2C1. The first-order valence-corrected chi connectivity index (χ1v) is 8.85. The monoisotopic (exact) mass is 349 g/mol. The van der Waals surface area contributed by atoms with Crippen LogP contribution in [0.2, 0.25) is 0 Å². The van der Waals surface area contributed by atoms with Crippen molar-refractivity contribution < 1.29 is 4.74 Å². The Labute approximate surface area is 145 Å². The predicted molar refractivity (Wildman–Crippen MR) is 93.0 cm³/mol. The van der Waals surface area contributed by atoms with Crippen molar-refractivity contribution in [1.82, 2.24) is 30.4 Å². The lowest BCUT2D eigenvalue weighted by Crippen LogP contribution is -2.46. The molecule has 0 saturated carbocycles. The average molecular weight is 349 g/mol. The molecule has 0 aromatic carbocycles. The number of fused-ring (bicyclic) bond motifs is 1. The van der Waals surface area contributed by atoms with Gasteiger partial charge >= 0.3 is 0 Å². The number of aliphatic imine (C=N–C) groups is 1. The summed E-state index contributed by atoms with van der Waals surface area (Å²) in [6, 6.07) is 0.277. The molecule has 1 aliphatic heterocycles. The highest BCUT2D eigenvalue weighted by molar-refractivity contribution is 7.09. The van der Waals surface area contributed by atoms with Gasteiger partial charge in [0.1, 0.15) is 17.4 Å². The van der Waals surface area contributed by atoms with E-state index in [4.69, 9.17) is 4.74 Å². The minimum absolute atomic E-state index is 0.277. The number of guanidine groups is 1. The van der Waals surface area contributed by atoms with Gasteiger partial charge in [-0.05, 0) is 13.3 Å². The van der Waals surface area contributed by atoms with E-state index < -0.39 is 0 Å². The van der Waals surface area contributed by atoms with Crippen LogP contribution in [0.25, 0.3) is 0 Å². The molecular weight excluding hydrogens is 326 g/mol. The fourth-order valence-electron chi connectivity index (χ4n) is 2.70. The maximum atomic E-state index is 5.10. The molecule has 2 N–H and O–H groups in total. The van der Waals surface area contributed by atoms with Crippen LogP contribution in [-0.4, -0.2) is 45.9 Å². The second kappa shape index (κ2) is 7.71. The van der Waals surface area contributed by atoms with E-state index in [0.717, 1.165) is 47.7 Å². The van der Waals surface area contributed by atoms with E-state index in [9.17, 15) is 0 Å². The number of thiazole rings is 1. The summed E-state index contributed by atoms with van der Waals surface area (Å²) in [5.41, 5.74) is 1.05. The number of hydrogen-bond acceptors (Lipinski definition) is 6. The van der Waals surface area contributed by atoms with Crippen LogP contribution < -0.4 is 10.6 Å². The molecule has 1 atom stereocenters. The highest BCUT2D eigenvalue weighted by Crippen LogP contribution is 2.13. The van der Waals surface area contributed by atoms with E-state index in [-0.39, 0.29) is 6.04 Å². The van der Waals surface area contributed by atoms with Crippen LogP contribution in [0, 0.1) is 6.92 Å². The molecule has 130 valence electrons. The average Bonchev–Trinajstić information content (AvgIpc) is 3.16. The summed E-state index contributed by atoms with van der Waals surface area (Å²) in [6.07, 6.45) is 1.90.